The van der Waals surface area contributed by atoms with E-state index in [-0.39, 0.29) is 0 Å². The zero-order chi connectivity index (χ0) is 10.6. The lowest BCUT2D eigenvalue weighted by Gasteiger charge is -2.05. The summed E-state index contributed by atoms with van der Waals surface area (Å²) in [6, 6.07) is 6.02. The fraction of sp³-hybridized carbons (Fsp3) is 0.364. The zero-order valence-corrected chi connectivity index (χ0v) is 10.1. The highest BCUT2D eigenvalue weighted by Gasteiger charge is 2.02. The molecule has 0 aliphatic heterocycles. The molecular formula is C11H15BrN2. The van der Waals surface area contributed by atoms with Crippen molar-refractivity contribution in [1.29, 1.82) is 0 Å². The Morgan fingerprint density at radius 1 is 1.50 bits per heavy atom. The second-order valence-electron chi connectivity index (χ2n) is 3.23. The van der Waals surface area contributed by atoms with E-state index in [1.54, 1.807) is 0 Å². The lowest BCUT2D eigenvalue weighted by molar-refractivity contribution is 0.930. The quantitative estimate of drug-likeness (QED) is 0.654. The number of aliphatic imine (C=N–C) groups is 1. The molecule has 0 unspecified atom stereocenters. The van der Waals surface area contributed by atoms with Gasteiger partial charge in [-0.15, -0.1) is 0 Å². The predicted octanol–water partition coefficient (Wildman–Crippen LogP) is 2.87. The topological polar surface area (TPSA) is 38.4 Å². The first-order chi connectivity index (χ1) is 6.65. The van der Waals surface area contributed by atoms with Crippen molar-refractivity contribution in [3.8, 4) is 0 Å². The Bertz CT molecular complexity index is 345. The maximum atomic E-state index is 5.87. The number of nitrogens with two attached hydrogens (primary N) is 1. The Morgan fingerprint density at radius 3 is 2.79 bits per heavy atom. The molecule has 1 aromatic carbocycles. The summed E-state index contributed by atoms with van der Waals surface area (Å²) in [6.45, 7) is 4.92. The van der Waals surface area contributed by atoms with Crippen molar-refractivity contribution in [2.45, 2.75) is 20.3 Å². The van der Waals surface area contributed by atoms with Gasteiger partial charge in [-0.05, 0) is 37.1 Å². The monoisotopic (exact) mass is 254 g/mol. The number of halogens is 1. The van der Waals surface area contributed by atoms with Crippen LogP contribution in [-0.4, -0.2) is 12.4 Å². The molecule has 0 aliphatic rings. The number of hydrogen-bond acceptors (Lipinski definition) is 1. The molecule has 1 aromatic rings. The molecule has 0 saturated heterocycles. The van der Waals surface area contributed by atoms with Gasteiger partial charge in [0, 0.05) is 16.6 Å². The van der Waals surface area contributed by atoms with Crippen LogP contribution >= 0.6 is 15.9 Å². The van der Waals surface area contributed by atoms with Gasteiger partial charge in [0.2, 0.25) is 0 Å². The summed E-state index contributed by atoms with van der Waals surface area (Å²) in [5.74, 6) is 0.636. The van der Waals surface area contributed by atoms with Crippen LogP contribution in [0.2, 0.25) is 0 Å². The van der Waals surface area contributed by atoms with Gasteiger partial charge in [-0.1, -0.05) is 22.9 Å². The molecule has 3 heteroatoms. The summed E-state index contributed by atoms with van der Waals surface area (Å²) < 4.78 is 1.07. The number of rotatable bonds is 3. The SMILES string of the molecule is CCCN=C(N)c1ccc(Br)cc1C. The van der Waals surface area contributed by atoms with Crippen LogP contribution in [0.3, 0.4) is 0 Å². The van der Waals surface area contributed by atoms with Crippen LogP contribution in [0.15, 0.2) is 27.7 Å². The van der Waals surface area contributed by atoms with E-state index < -0.39 is 0 Å². The number of nitrogens with zero attached hydrogens (tertiary/aromatic N) is 1. The third kappa shape index (κ3) is 2.84. The second-order valence-corrected chi connectivity index (χ2v) is 4.14. The van der Waals surface area contributed by atoms with Gasteiger partial charge in [-0.2, -0.15) is 0 Å². The molecule has 0 aromatic heterocycles. The standard InChI is InChI=1S/C11H15BrN2/c1-3-6-14-11(13)10-5-4-9(12)7-8(10)2/h4-5,7H,3,6H2,1-2H3,(H2,13,14). The van der Waals surface area contributed by atoms with Crippen LogP contribution in [0, 0.1) is 6.92 Å². The number of amidine groups is 1. The molecule has 0 atom stereocenters. The Balaban J connectivity index is 2.95. The first kappa shape index (κ1) is 11.2. The van der Waals surface area contributed by atoms with Crippen molar-refractivity contribution < 1.29 is 0 Å². The van der Waals surface area contributed by atoms with E-state index in [0.29, 0.717) is 5.84 Å². The van der Waals surface area contributed by atoms with Crippen LogP contribution in [-0.2, 0) is 0 Å². The van der Waals surface area contributed by atoms with Gasteiger partial charge in [0.05, 0.1) is 0 Å². The van der Waals surface area contributed by atoms with Crippen LogP contribution < -0.4 is 5.73 Å². The van der Waals surface area contributed by atoms with E-state index >= 15 is 0 Å². The van der Waals surface area contributed by atoms with Crippen LogP contribution in [0.25, 0.3) is 0 Å². The lowest BCUT2D eigenvalue weighted by atomic mass is 10.1. The molecule has 0 fully saturated rings. The van der Waals surface area contributed by atoms with E-state index in [2.05, 4.69) is 27.8 Å². The largest absolute Gasteiger partial charge is 0.383 e. The molecule has 0 heterocycles. The van der Waals surface area contributed by atoms with E-state index in [0.717, 1.165) is 28.6 Å². The Morgan fingerprint density at radius 2 is 2.21 bits per heavy atom. The fourth-order valence-corrected chi connectivity index (χ4v) is 1.71. The van der Waals surface area contributed by atoms with Gasteiger partial charge in [0.15, 0.2) is 0 Å². The molecule has 0 bridgehead atoms. The summed E-state index contributed by atoms with van der Waals surface area (Å²) >= 11 is 3.42. The van der Waals surface area contributed by atoms with E-state index in [1.807, 2.05) is 25.1 Å². The zero-order valence-electron chi connectivity index (χ0n) is 8.55. The summed E-state index contributed by atoms with van der Waals surface area (Å²) in [4.78, 5) is 4.28. The second kappa shape index (κ2) is 5.15. The van der Waals surface area contributed by atoms with Crippen molar-refractivity contribution in [2.75, 3.05) is 6.54 Å². The summed E-state index contributed by atoms with van der Waals surface area (Å²) in [5, 5.41) is 0. The molecule has 0 aliphatic carbocycles. The van der Waals surface area contributed by atoms with Crippen molar-refractivity contribution in [2.24, 2.45) is 10.7 Å². The molecule has 14 heavy (non-hydrogen) atoms. The van der Waals surface area contributed by atoms with Gasteiger partial charge >= 0.3 is 0 Å². The minimum atomic E-state index is 0.636. The summed E-state index contributed by atoms with van der Waals surface area (Å²) in [7, 11) is 0. The molecule has 0 saturated carbocycles. The van der Waals surface area contributed by atoms with Crippen LogP contribution in [0.5, 0.6) is 0 Å². The predicted molar refractivity (Wildman–Crippen MR) is 64.8 cm³/mol. The minimum Gasteiger partial charge on any atom is -0.383 e. The van der Waals surface area contributed by atoms with Crippen LogP contribution in [0.1, 0.15) is 24.5 Å². The van der Waals surface area contributed by atoms with Gasteiger partial charge in [-0.3, -0.25) is 4.99 Å². The molecule has 0 spiro atoms. The van der Waals surface area contributed by atoms with Gasteiger partial charge in [0.1, 0.15) is 5.84 Å². The van der Waals surface area contributed by atoms with Gasteiger partial charge < -0.3 is 5.73 Å². The molecule has 2 nitrogen and oxygen atoms in total. The van der Waals surface area contributed by atoms with E-state index in [9.17, 15) is 0 Å². The normalized spacial score (nSPS) is 11.8. The first-order valence-electron chi connectivity index (χ1n) is 4.71. The number of benzene rings is 1. The third-order valence-electron chi connectivity index (χ3n) is 1.97. The molecular weight excluding hydrogens is 240 g/mol. The average Bonchev–Trinajstić information content (AvgIpc) is 2.14. The molecule has 0 amide bonds. The van der Waals surface area contributed by atoms with Crippen molar-refractivity contribution in [1.82, 2.24) is 0 Å². The molecule has 0 radical (unpaired) electrons. The Labute approximate surface area is 93.4 Å². The van der Waals surface area contributed by atoms with E-state index in [4.69, 9.17) is 5.73 Å². The third-order valence-corrected chi connectivity index (χ3v) is 2.46. The Kier molecular flexibility index (Phi) is 4.14. The van der Waals surface area contributed by atoms with Crippen molar-refractivity contribution >= 4 is 21.8 Å². The highest BCUT2D eigenvalue weighted by Crippen LogP contribution is 2.15. The minimum absolute atomic E-state index is 0.636. The highest BCUT2D eigenvalue weighted by molar-refractivity contribution is 9.10. The highest BCUT2D eigenvalue weighted by atomic mass is 79.9. The van der Waals surface area contributed by atoms with Crippen molar-refractivity contribution in [3.05, 3.63) is 33.8 Å². The first-order valence-corrected chi connectivity index (χ1v) is 5.51. The average molecular weight is 255 g/mol. The smallest absolute Gasteiger partial charge is 0.125 e. The maximum absolute atomic E-state index is 5.87. The Hall–Kier alpha value is -0.830. The molecule has 2 N–H and O–H groups in total. The fourth-order valence-electron chi connectivity index (χ4n) is 1.23. The van der Waals surface area contributed by atoms with Crippen molar-refractivity contribution in [3.63, 3.8) is 0 Å². The summed E-state index contributed by atoms with van der Waals surface area (Å²) in [5.41, 5.74) is 8.05. The molecule has 1 rings (SSSR count). The van der Waals surface area contributed by atoms with Gasteiger partial charge in [0.25, 0.3) is 0 Å². The lowest BCUT2D eigenvalue weighted by Crippen LogP contribution is -2.15. The number of aryl methyl sites for hydroxylation is 1. The van der Waals surface area contributed by atoms with Gasteiger partial charge in [-0.25, -0.2) is 0 Å². The summed E-state index contributed by atoms with van der Waals surface area (Å²) in [6.07, 6.45) is 1.02. The van der Waals surface area contributed by atoms with E-state index in [1.165, 1.54) is 0 Å². The van der Waals surface area contributed by atoms with Crippen LogP contribution in [0.4, 0.5) is 0 Å². The maximum Gasteiger partial charge on any atom is 0.125 e. The number of hydrogen-bond donors (Lipinski definition) is 1. The molecule has 76 valence electrons.